The monoisotopic (exact) mass is 442 g/mol. The molecule has 1 aromatic carbocycles. The summed E-state index contributed by atoms with van der Waals surface area (Å²) in [7, 11) is 0. The summed E-state index contributed by atoms with van der Waals surface area (Å²) in [6, 6.07) is 6.16. The fourth-order valence-electron chi connectivity index (χ4n) is 4.25. The van der Waals surface area contributed by atoms with Crippen LogP contribution in [0.5, 0.6) is 0 Å². The Morgan fingerprint density at radius 1 is 1.19 bits per heavy atom. The van der Waals surface area contributed by atoms with E-state index in [1.54, 1.807) is 30.6 Å². The molecule has 4 N–H and O–H groups in total. The van der Waals surface area contributed by atoms with Gasteiger partial charge in [0.05, 0.1) is 18.3 Å². The van der Waals surface area contributed by atoms with E-state index in [9.17, 15) is 13.2 Å². The van der Waals surface area contributed by atoms with Crippen LogP contribution in [0, 0.1) is 0 Å². The molecule has 166 valence electrons. The van der Waals surface area contributed by atoms with Gasteiger partial charge < -0.3 is 11.1 Å². The molecule has 1 fully saturated rings. The highest BCUT2D eigenvalue weighted by Crippen LogP contribution is 2.35. The second kappa shape index (κ2) is 7.90. The van der Waals surface area contributed by atoms with Crippen molar-refractivity contribution in [3.05, 3.63) is 64.5 Å². The van der Waals surface area contributed by atoms with Gasteiger partial charge in [0.1, 0.15) is 11.3 Å². The van der Waals surface area contributed by atoms with Gasteiger partial charge in [-0.2, -0.15) is 18.3 Å². The van der Waals surface area contributed by atoms with Crippen molar-refractivity contribution in [2.45, 2.75) is 31.5 Å². The number of H-pyrrole nitrogens is 1. The van der Waals surface area contributed by atoms with Gasteiger partial charge in [0.2, 0.25) is 0 Å². The Balaban J connectivity index is 1.42. The van der Waals surface area contributed by atoms with E-state index in [1.165, 1.54) is 10.7 Å². The molecule has 0 aliphatic carbocycles. The summed E-state index contributed by atoms with van der Waals surface area (Å²) < 4.78 is 42.4. The first-order valence-corrected chi connectivity index (χ1v) is 10.2. The topological polar surface area (TPSA) is 110 Å². The molecular weight excluding hydrogens is 421 g/mol. The third-order valence-corrected chi connectivity index (χ3v) is 5.78. The number of halogens is 3. The van der Waals surface area contributed by atoms with Crippen molar-refractivity contribution >= 4 is 17.0 Å². The number of nitrogen functional groups attached to an aromatic ring is 1. The molecule has 0 amide bonds. The number of anilines is 1. The van der Waals surface area contributed by atoms with E-state index < -0.39 is 11.7 Å². The second-order valence-electron chi connectivity index (χ2n) is 8.04. The summed E-state index contributed by atoms with van der Waals surface area (Å²) in [4.78, 5) is 4.14. The predicted molar refractivity (Wildman–Crippen MR) is 112 cm³/mol. The fourth-order valence-corrected chi connectivity index (χ4v) is 4.25. The molecule has 5 rings (SSSR count). The maximum atomic E-state index is 13.6. The number of aromatic nitrogens is 6. The Kier molecular flexibility index (Phi) is 5.04. The first-order valence-electron chi connectivity index (χ1n) is 10.2. The van der Waals surface area contributed by atoms with Crippen LogP contribution < -0.4 is 11.1 Å². The van der Waals surface area contributed by atoms with Gasteiger partial charge in [0.25, 0.3) is 0 Å². The van der Waals surface area contributed by atoms with Gasteiger partial charge in [-0.15, -0.1) is 5.10 Å². The minimum absolute atomic E-state index is 0.0285. The Labute approximate surface area is 181 Å². The molecule has 1 atom stereocenters. The molecule has 0 radical (unpaired) electrons. The number of rotatable bonds is 5. The van der Waals surface area contributed by atoms with Gasteiger partial charge in [0, 0.05) is 19.2 Å². The van der Waals surface area contributed by atoms with Gasteiger partial charge in [0.15, 0.2) is 5.65 Å². The van der Waals surface area contributed by atoms with Gasteiger partial charge in [-0.1, -0.05) is 17.3 Å². The number of nitrogens with two attached hydrogens (primary N) is 1. The molecule has 4 heterocycles. The number of hydrogen-bond acceptors (Lipinski definition) is 6. The fraction of sp³-hybridized carbons (Fsp3) is 0.333. The van der Waals surface area contributed by atoms with Crippen LogP contribution in [0.4, 0.5) is 19.0 Å². The number of alkyl halides is 3. The highest BCUT2D eigenvalue weighted by molar-refractivity contribution is 5.76. The molecule has 0 unspecified atom stereocenters. The zero-order chi connectivity index (χ0) is 22.3. The van der Waals surface area contributed by atoms with Crippen LogP contribution in [0.2, 0.25) is 0 Å². The Morgan fingerprint density at radius 3 is 2.84 bits per heavy atom. The normalized spacial score (nSPS) is 16.8. The summed E-state index contributed by atoms with van der Waals surface area (Å²) >= 11 is 0. The van der Waals surface area contributed by atoms with Crippen molar-refractivity contribution in [1.29, 1.82) is 0 Å². The zero-order valence-electron chi connectivity index (χ0n) is 17.0. The van der Waals surface area contributed by atoms with Crippen LogP contribution in [-0.2, 0) is 19.1 Å². The highest BCUT2D eigenvalue weighted by atomic mass is 19.4. The number of nitrogens with one attached hydrogen (secondary N) is 2. The third-order valence-electron chi connectivity index (χ3n) is 5.78. The average Bonchev–Trinajstić information content (AvgIpc) is 3.49. The second-order valence-corrected chi connectivity index (χ2v) is 8.04. The van der Waals surface area contributed by atoms with Crippen molar-refractivity contribution in [3.63, 3.8) is 0 Å². The minimum Gasteiger partial charge on any atom is -0.384 e. The largest absolute Gasteiger partial charge is 0.416 e. The molecule has 1 aliphatic rings. The van der Waals surface area contributed by atoms with Crippen LogP contribution in [0.1, 0.15) is 40.2 Å². The quantitative estimate of drug-likeness (QED) is 0.438. The Morgan fingerprint density at radius 2 is 2.06 bits per heavy atom. The van der Waals surface area contributed by atoms with Gasteiger partial charge in [-0.05, 0) is 53.3 Å². The lowest BCUT2D eigenvalue weighted by atomic mass is 9.94. The molecule has 3 aromatic heterocycles. The van der Waals surface area contributed by atoms with E-state index in [0.717, 1.165) is 36.2 Å². The number of hydrogen-bond donors (Lipinski definition) is 3. The maximum absolute atomic E-state index is 13.6. The molecule has 0 spiro atoms. The number of aromatic amines is 1. The average molecular weight is 442 g/mol. The number of benzene rings is 1. The Bertz CT molecular complexity index is 1250. The standard InChI is InChI=1S/C21H21F3N8/c22-21(23,24)17-2-1-13(14-3-4-26-9-14)6-16(17)11-32-10-12(8-27-32)5-15-7-18(25)28-20-19(15)29-31-30-20/h1-2,6-8,10,14,26H,3-5,9,11H2,(H3,25,28,29,30,31)/t14-/m1/s1. The Hall–Kier alpha value is -3.47. The first kappa shape index (κ1) is 20.4. The molecule has 11 heteroatoms. The maximum Gasteiger partial charge on any atom is 0.416 e. The molecular formula is C21H21F3N8. The van der Waals surface area contributed by atoms with Crippen LogP contribution in [0.25, 0.3) is 11.2 Å². The molecule has 4 aromatic rings. The van der Waals surface area contributed by atoms with Crippen LogP contribution in [-0.4, -0.2) is 43.3 Å². The number of pyridine rings is 1. The van der Waals surface area contributed by atoms with Crippen molar-refractivity contribution < 1.29 is 13.2 Å². The van der Waals surface area contributed by atoms with E-state index in [0.29, 0.717) is 23.4 Å². The zero-order valence-corrected chi connectivity index (χ0v) is 17.0. The van der Waals surface area contributed by atoms with Crippen LogP contribution in [0.15, 0.2) is 36.7 Å². The summed E-state index contributed by atoms with van der Waals surface area (Å²) in [5.41, 5.74) is 9.08. The number of fused-ring (bicyclic) bond motifs is 1. The van der Waals surface area contributed by atoms with Gasteiger partial charge >= 0.3 is 6.18 Å². The van der Waals surface area contributed by atoms with Crippen LogP contribution >= 0.6 is 0 Å². The summed E-state index contributed by atoms with van der Waals surface area (Å²) in [6.07, 6.45) is 0.329. The lowest BCUT2D eigenvalue weighted by Crippen LogP contribution is -2.14. The highest BCUT2D eigenvalue weighted by Gasteiger charge is 2.34. The van der Waals surface area contributed by atoms with E-state index in [2.05, 4.69) is 30.8 Å². The predicted octanol–water partition coefficient (Wildman–Crippen LogP) is 2.87. The molecule has 32 heavy (non-hydrogen) atoms. The van der Waals surface area contributed by atoms with Crippen molar-refractivity contribution in [2.75, 3.05) is 18.8 Å². The molecule has 1 aliphatic heterocycles. The first-order chi connectivity index (χ1) is 15.4. The van der Waals surface area contributed by atoms with Crippen LogP contribution in [0.3, 0.4) is 0 Å². The molecule has 0 bridgehead atoms. The van der Waals surface area contributed by atoms with Crippen molar-refractivity contribution in [2.24, 2.45) is 0 Å². The SMILES string of the molecule is Nc1cc(Cc2cnn(Cc3cc([C@@H]4CCNC4)ccc3C(F)(F)F)c2)c2nn[nH]c2n1. The summed E-state index contributed by atoms with van der Waals surface area (Å²) in [6.45, 7) is 1.69. The smallest absolute Gasteiger partial charge is 0.384 e. The molecule has 8 nitrogen and oxygen atoms in total. The van der Waals surface area contributed by atoms with Crippen molar-refractivity contribution in [3.8, 4) is 0 Å². The summed E-state index contributed by atoms with van der Waals surface area (Å²) in [5.74, 6) is 0.560. The van der Waals surface area contributed by atoms with Gasteiger partial charge in [-0.3, -0.25) is 4.68 Å². The van der Waals surface area contributed by atoms with E-state index in [1.807, 2.05) is 0 Å². The van der Waals surface area contributed by atoms with E-state index >= 15 is 0 Å². The third kappa shape index (κ3) is 4.03. The molecule has 1 saturated heterocycles. The molecule has 0 saturated carbocycles. The van der Waals surface area contributed by atoms with E-state index in [-0.39, 0.29) is 18.0 Å². The lowest BCUT2D eigenvalue weighted by Gasteiger charge is -2.17. The van der Waals surface area contributed by atoms with Crippen molar-refractivity contribution in [1.82, 2.24) is 35.5 Å². The summed E-state index contributed by atoms with van der Waals surface area (Å²) in [5, 5.41) is 18.0. The number of nitrogens with zero attached hydrogens (tertiary/aromatic N) is 5. The van der Waals surface area contributed by atoms with Gasteiger partial charge in [-0.25, -0.2) is 10.1 Å². The lowest BCUT2D eigenvalue weighted by molar-refractivity contribution is -0.138. The van der Waals surface area contributed by atoms with E-state index in [4.69, 9.17) is 5.73 Å². The minimum atomic E-state index is -4.43.